The molecule has 0 aliphatic carbocycles. The summed E-state index contributed by atoms with van der Waals surface area (Å²) in [6, 6.07) is 2.97. The molecule has 2 heterocycles. The minimum atomic E-state index is -4.70. The Hall–Kier alpha value is -2.98. The lowest BCUT2D eigenvalue weighted by molar-refractivity contribution is -0.141. The standard InChI is InChI=1S/C17H16F5N5O/c1-26(2)13-8-12(17(20,21)22)24-16(25-13)23-11-6-7-27(15(11)28)14-9(18)4-3-5-10(14)19/h3-5,8,11H,6-7H2,1-2H3,(H,23,24,25). The van der Waals surface area contributed by atoms with Gasteiger partial charge < -0.3 is 15.1 Å². The average Bonchev–Trinajstić information content (AvgIpc) is 2.94. The largest absolute Gasteiger partial charge is 0.433 e. The lowest BCUT2D eigenvalue weighted by Crippen LogP contribution is -2.35. The number of aromatic nitrogens is 2. The summed E-state index contributed by atoms with van der Waals surface area (Å²) in [5.41, 5.74) is -1.66. The number of nitrogens with zero attached hydrogens (tertiary/aromatic N) is 4. The van der Waals surface area contributed by atoms with E-state index in [1.807, 2.05) is 0 Å². The van der Waals surface area contributed by atoms with Gasteiger partial charge in [0.05, 0.1) is 0 Å². The predicted octanol–water partition coefficient (Wildman–Crippen LogP) is 3.06. The maximum Gasteiger partial charge on any atom is 0.433 e. The highest BCUT2D eigenvalue weighted by molar-refractivity contribution is 6.01. The number of halogens is 5. The molecule has 0 radical (unpaired) electrons. The SMILES string of the molecule is CN(C)c1cc(C(F)(F)F)nc(NC2CCN(c3c(F)cccc3F)C2=O)n1. The lowest BCUT2D eigenvalue weighted by Gasteiger charge is -2.19. The fourth-order valence-electron chi connectivity index (χ4n) is 2.81. The molecule has 2 aromatic rings. The van der Waals surface area contributed by atoms with Gasteiger partial charge in [0.2, 0.25) is 11.9 Å². The number of carbonyl (C=O) groups excluding carboxylic acids is 1. The maximum absolute atomic E-state index is 13.9. The number of hydrogen-bond acceptors (Lipinski definition) is 5. The number of hydrogen-bond donors (Lipinski definition) is 1. The van der Waals surface area contributed by atoms with E-state index >= 15 is 0 Å². The van der Waals surface area contributed by atoms with E-state index in [0.717, 1.165) is 23.1 Å². The Morgan fingerprint density at radius 2 is 1.82 bits per heavy atom. The lowest BCUT2D eigenvalue weighted by atomic mass is 10.2. The molecule has 0 saturated carbocycles. The van der Waals surface area contributed by atoms with Crippen LogP contribution in [0.4, 0.5) is 39.4 Å². The monoisotopic (exact) mass is 401 g/mol. The van der Waals surface area contributed by atoms with Crippen molar-refractivity contribution in [1.82, 2.24) is 9.97 Å². The van der Waals surface area contributed by atoms with Crippen LogP contribution in [0.5, 0.6) is 0 Å². The molecule has 0 bridgehead atoms. The summed E-state index contributed by atoms with van der Waals surface area (Å²) in [5, 5.41) is 2.55. The summed E-state index contributed by atoms with van der Waals surface area (Å²) in [5.74, 6) is -2.89. The highest BCUT2D eigenvalue weighted by Gasteiger charge is 2.37. The van der Waals surface area contributed by atoms with Gasteiger partial charge in [0.15, 0.2) is 5.69 Å². The van der Waals surface area contributed by atoms with Crippen LogP contribution in [-0.2, 0) is 11.0 Å². The van der Waals surface area contributed by atoms with Crippen LogP contribution >= 0.6 is 0 Å². The van der Waals surface area contributed by atoms with Crippen LogP contribution in [0.3, 0.4) is 0 Å². The molecule has 1 aromatic heterocycles. The van der Waals surface area contributed by atoms with E-state index in [2.05, 4.69) is 15.3 Å². The topological polar surface area (TPSA) is 61.4 Å². The van der Waals surface area contributed by atoms with Crippen molar-refractivity contribution in [3.05, 3.63) is 41.6 Å². The molecule has 1 aliphatic heterocycles. The smallest absolute Gasteiger partial charge is 0.363 e. The zero-order valence-electron chi connectivity index (χ0n) is 14.9. The number of alkyl halides is 3. The Morgan fingerprint density at radius 1 is 1.18 bits per heavy atom. The second-order valence-electron chi connectivity index (χ2n) is 6.37. The van der Waals surface area contributed by atoms with Crippen molar-refractivity contribution in [3.63, 3.8) is 0 Å². The second kappa shape index (κ2) is 7.21. The van der Waals surface area contributed by atoms with Crippen molar-refractivity contribution in [3.8, 4) is 0 Å². The van der Waals surface area contributed by atoms with Crippen molar-refractivity contribution in [1.29, 1.82) is 0 Å². The van der Waals surface area contributed by atoms with E-state index in [-0.39, 0.29) is 18.8 Å². The molecule has 1 saturated heterocycles. The Labute approximate surface area is 157 Å². The van der Waals surface area contributed by atoms with E-state index in [1.54, 1.807) is 0 Å². The second-order valence-corrected chi connectivity index (χ2v) is 6.37. The van der Waals surface area contributed by atoms with E-state index in [4.69, 9.17) is 0 Å². The molecule has 1 unspecified atom stereocenters. The Bertz CT molecular complexity index is 882. The van der Waals surface area contributed by atoms with Crippen molar-refractivity contribution in [2.45, 2.75) is 18.6 Å². The third-order valence-corrected chi connectivity index (χ3v) is 4.18. The van der Waals surface area contributed by atoms with Crippen LogP contribution < -0.4 is 15.1 Å². The molecule has 1 N–H and O–H groups in total. The van der Waals surface area contributed by atoms with Crippen LogP contribution in [0.15, 0.2) is 24.3 Å². The van der Waals surface area contributed by atoms with Crippen molar-refractivity contribution in [2.75, 3.05) is 35.8 Å². The van der Waals surface area contributed by atoms with Crippen molar-refractivity contribution >= 4 is 23.4 Å². The Morgan fingerprint density at radius 3 is 2.39 bits per heavy atom. The van der Waals surface area contributed by atoms with Gasteiger partial charge in [-0.2, -0.15) is 18.2 Å². The van der Waals surface area contributed by atoms with Gasteiger partial charge >= 0.3 is 6.18 Å². The third-order valence-electron chi connectivity index (χ3n) is 4.18. The quantitative estimate of drug-likeness (QED) is 0.798. The van der Waals surface area contributed by atoms with E-state index in [0.29, 0.717) is 0 Å². The molecule has 11 heteroatoms. The number of nitrogens with one attached hydrogen (secondary N) is 1. The fraction of sp³-hybridized carbons (Fsp3) is 0.353. The molecule has 6 nitrogen and oxygen atoms in total. The van der Waals surface area contributed by atoms with Crippen LogP contribution in [0.25, 0.3) is 0 Å². The summed E-state index contributed by atoms with van der Waals surface area (Å²) < 4.78 is 67.1. The first-order valence-corrected chi connectivity index (χ1v) is 8.23. The van der Waals surface area contributed by atoms with E-state index in [9.17, 15) is 26.7 Å². The van der Waals surface area contributed by atoms with Gasteiger partial charge in [0.25, 0.3) is 0 Å². The van der Waals surface area contributed by atoms with Gasteiger partial charge in [0.1, 0.15) is 29.2 Å². The van der Waals surface area contributed by atoms with Crippen LogP contribution in [0.2, 0.25) is 0 Å². The van der Waals surface area contributed by atoms with Crippen molar-refractivity contribution in [2.24, 2.45) is 0 Å². The number of anilines is 3. The first-order chi connectivity index (χ1) is 13.1. The maximum atomic E-state index is 13.9. The summed E-state index contributed by atoms with van der Waals surface area (Å²) in [6.45, 7) is -0.00610. The molecule has 1 atom stereocenters. The zero-order chi connectivity index (χ0) is 20.6. The Kier molecular flexibility index (Phi) is 5.09. The molecule has 3 rings (SSSR count). The third kappa shape index (κ3) is 3.82. The molecule has 150 valence electrons. The van der Waals surface area contributed by atoms with Crippen LogP contribution in [-0.4, -0.2) is 42.6 Å². The van der Waals surface area contributed by atoms with Crippen LogP contribution in [0, 0.1) is 11.6 Å². The van der Waals surface area contributed by atoms with Crippen LogP contribution in [0.1, 0.15) is 12.1 Å². The average molecular weight is 401 g/mol. The summed E-state index contributed by atoms with van der Waals surface area (Å²) in [7, 11) is 3.02. The molecule has 1 amide bonds. The van der Waals surface area contributed by atoms with Gasteiger partial charge in [0, 0.05) is 26.7 Å². The first kappa shape index (κ1) is 19.8. The molecule has 28 heavy (non-hydrogen) atoms. The normalized spacial score (nSPS) is 17.2. The van der Waals surface area contributed by atoms with Gasteiger partial charge in [-0.25, -0.2) is 13.8 Å². The summed E-state index contributed by atoms with van der Waals surface area (Å²) in [6.07, 6.45) is -4.59. The molecule has 1 aliphatic rings. The van der Waals surface area contributed by atoms with Gasteiger partial charge in [-0.3, -0.25) is 4.79 Å². The molecule has 1 aromatic carbocycles. The molecule has 1 fully saturated rings. The summed E-state index contributed by atoms with van der Waals surface area (Å²) in [4.78, 5) is 22.2. The number of benzene rings is 1. The zero-order valence-corrected chi connectivity index (χ0v) is 14.9. The molecular weight excluding hydrogens is 385 g/mol. The van der Waals surface area contributed by atoms with Gasteiger partial charge in [-0.15, -0.1) is 0 Å². The molecular formula is C17H16F5N5O. The van der Waals surface area contributed by atoms with Gasteiger partial charge in [-0.1, -0.05) is 6.07 Å². The predicted molar refractivity (Wildman–Crippen MR) is 92.1 cm³/mol. The fourth-order valence-corrected chi connectivity index (χ4v) is 2.81. The number of rotatable bonds is 4. The molecule has 0 spiro atoms. The van der Waals surface area contributed by atoms with E-state index in [1.165, 1.54) is 25.1 Å². The number of para-hydroxylation sites is 1. The minimum absolute atomic E-state index is 0.00610. The minimum Gasteiger partial charge on any atom is -0.363 e. The number of carbonyl (C=O) groups is 1. The first-order valence-electron chi connectivity index (χ1n) is 8.23. The highest BCUT2D eigenvalue weighted by atomic mass is 19.4. The van der Waals surface area contributed by atoms with Gasteiger partial charge in [-0.05, 0) is 18.6 Å². The Balaban J connectivity index is 1.87. The number of amides is 1. The van der Waals surface area contributed by atoms with Crippen molar-refractivity contribution < 1.29 is 26.7 Å². The highest BCUT2D eigenvalue weighted by Crippen LogP contribution is 2.31. The van der Waals surface area contributed by atoms with E-state index < -0.39 is 47.1 Å². The summed E-state index contributed by atoms with van der Waals surface area (Å²) >= 11 is 0.